The molecule has 0 aromatic heterocycles. The van der Waals surface area contributed by atoms with Gasteiger partial charge in [-0.1, -0.05) is 12.8 Å². The van der Waals surface area contributed by atoms with Crippen molar-refractivity contribution < 1.29 is 19.8 Å². The molecule has 0 spiro atoms. The van der Waals surface area contributed by atoms with Crippen LogP contribution >= 0.6 is 0 Å². The molecule has 3 rings (SSSR count). The smallest absolute Gasteiger partial charge is 0.326 e. The predicted octanol–water partition coefficient (Wildman–Crippen LogP) is 0.0789. The van der Waals surface area contributed by atoms with E-state index >= 15 is 0 Å². The van der Waals surface area contributed by atoms with Crippen molar-refractivity contribution in [1.29, 1.82) is 0 Å². The van der Waals surface area contributed by atoms with Crippen LogP contribution in [0.4, 0.5) is 0 Å². The normalized spacial score (nSPS) is 36.5. The highest BCUT2D eigenvalue weighted by Crippen LogP contribution is 2.49. The molecule has 2 saturated carbocycles. The molecule has 0 bridgehead atoms. The molecule has 5 nitrogen and oxygen atoms in total. The molecule has 1 amide bonds. The fourth-order valence-corrected chi connectivity index (χ4v) is 2.97. The van der Waals surface area contributed by atoms with Gasteiger partial charge in [-0.25, -0.2) is 4.79 Å². The molecule has 0 radical (unpaired) electrons. The molecule has 17 heavy (non-hydrogen) atoms. The van der Waals surface area contributed by atoms with Gasteiger partial charge in [-0.15, -0.1) is 0 Å². The van der Waals surface area contributed by atoms with Gasteiger partial charge in [0.05, 0.1) is 0 Å². The number of hydrogen-bond acceptors (Lipinski definition) is 3. The molecule has 2 N–H and O–H groups in total. The number of aliphatic hydroxyl groups excluding tert-OH is 1. The summed E-state index contributed by atoms with van der Waals surface area (Å²) in [6.45, 7) is 0.516. The van der Waals surface area contributed by atoms with Crippen LogP contribution in [0.15, 0.2) is 0 Å². The standard InChI is InChI=1S/C12H17NO4/c14-9(3-6-1-2-6)11(15)13-5-7-4-8(7)10(13)12(16)17/h6-10,14H,1-5H2,(H,16,17)/t7-,8-,9+,10-/m0/s1. The van der Waals surface area contributed by atoms with Crippen molar-refractivity contribution in [3.05, 3.63) is 0 Å². The molecule has 4 atom stereocenters. The first-order valence-electron chi connectivity index (χ1n) is 6.29. The number of aliphatic hydroxyl groups is 1. The molecule has 0 aromatic rings. The molecule has 1 heterocycles. The highest BCUT2D eigenvalue weighted by Gasteiger charge is 2.57. The molecule has 1 aliphatic heterocycles. The lowest BCUT2D eigenvalue weighted by Crippen LogP contribution is -2.47. The van der Waals surface area contributed by atoms with E-state index in [-0.39, 0.29) is 11.8 Å². The summed E-state index contributed by atoms with van der Waals surface area (Å²) in [6, 6.07) is -0.693. The molecular weight excluding hydrogens is 222 g/mol. The summed E-state index contributed by atoms with van der Waals surface area (Å²) in [4.78, 5) is 24.5. The lowest BCUT2D eigenvalue weighted by Gasteiger charge is -2.26. The van der Waals surface area contributed by atoms with E-state index < -0.39 is 18.1 Å². The van der Waals surface area contributed by atoms with Gasteiger partial charge in [0.2, 0.25) is 0 Å². The van der Waals surface area contributed by atoms with Crippen LogP contribution in [-0.4, -0.2) is 45.7 Å². The van der Waals surface area contributed by atoms with Crippen LogP contribution in [-0.2, 0) is 9.59 Å². The van der Waals surface area contributed by atoms with E-state index in [0.717, 1.165) is 19.3 Å². The van der Waals surface area contributed by atoms with Gasteiger partial charge < -0.3 is 15.1 Å². The SMILES string of the molecule is O=C(O)[C@@H]1[C@H]2C[C@H]2CN1C(=O)[C@H](O)CC1CC1. The highest BCUT2D eigenvalue weighted by molar-refractivity contribution is 5.87. The minimum Gasteiger partial charge on any atom is -0.480 e. The maximum absolute atomic E-state index is 12.0. The first-order chi connectivity index (χ1) is 8.08. The quantitative estimate of drug-likeness (QED) is 0.728. The van der Waals surface area contributed by atoms with Crippen molar-refractivity contribution in [2.24, 2.45) is 17.8 Å². The number of rotatable bonds is 4. The Morgan fingerprint density at radius 2 is 2.06 bits per heavy atom. The van der Waals surface area contributed by atoms with E-state index in [4.69, 9.17) is 5.11 Å². The van der Waals surface area contributed by atoms with Crippen molar-refractivity contribution >= 4 is 11.9 Å². The minimum absolute atomic E-state index is 0.129. The third kappa shape index (κ3) is 1.92. The highest BCUT2D eigenvalue weighted by atomic mass is 16.4. The molecule has 5 heteroatoms. The number of likely N-dealkylation sites (tertiary alicyclic amines) is 1. The van der Waals surface area contributed by atoms with Crippen molar-refractivity contribution in [2.45, 2.75) is 37.8 Å². The summed E-state index contributed by atoms with van der Waals surface area (Å²) in [5.74, 6) is -0.356. The maximum atomic E-state index is 12.0. The number of hydrogen-bond donors (Lipinski definition) is 2. The Morgan fingerprint density at radius 1 is 1.35 bits per heavy atom. The fraction of sp³-hybridized carbons (Fsp3) is 0.833. The largest absolute Gasteiger partial charge is 0.480 e. The molecule has 3 aliphatic rings. The first-order valence-corrected chi connectivity index (χ1v) is 6.29. The first kappa shape index (κ1) is 11.0. The summed E-state index contributed by atoms with van der Waals surface area (Å²) in [6.07, 6.45) is 2.58. The van der Waals surface area contributed by atoms with Gasteiger partial charge in [0.25, 0.3) is 5.91 Å². The van der Waals surface area contributed by atoms with E-state index in [9.17, 15) is 14.7 Å². The number of fused-ring (bicyclic) bond motifs is 1. The Labute approximate surface area is 99.4 Å². The van der Waals surface area contributed by atoms with Gasteiger partial charge in [-0.05, 0) is 30.6 Å². The van der Waals surface area contributed by atoms with Crippen molar-refractivity contribution in [2.75, 3.05) is 6.54 Å². The summed E-state index contributed by atoms with van der Waals surface area (Å²) in [5.41, 5.74) is 0. The van der Waals surface area contributed by atoms with E-state index in [1.807, 2.05) is 0 Å². The molecule has 94 valence electrons. The van der Waals surface area contributed by atoms with Crippen LogP contribution in [0.2, 0.25) is 0 Å². The zero-order valence-electron chi connectivity index (χ0n) is 9.58. The number of amides is 1. The Balaban J connectivity index is 1.66. The second-order valence-corrected chi connectivity index (χ2v) is 5.63. The van der Waals surface area contributed by atoms with E-state index in [2.05, 4.69) is 0 Å². The number of carboxylic acids is 1. The monoisotopic (exact) mass is 239 g/mol. The van der Waals surface area contributed by atoms with Crippen molar-refractivity contribution in [3.8, 4) is 0 Å². The van der Waals surface area contributed by atoms with Crippen LogP contribution in [0.3, 0.4) is 0 Å². The Bertz CT molecular complexity index is 366. The van der Waals surface area contributed by atoms with Crippen LogP contribution in [0.1, 0.15) is 25.7 Å². The van der Waals surface area contributed by atoms with Crippen LogP contribution in [0, 0.1) is 17.8 Å². The third-order valence-corrected chi connectivity index (χ3v) is 4.22. The summed E-state index contributed by atoms with van der Waals surface area (Å²) < 4.78 is 0. The summed E-state index contributed by atoms with van der Waals surface area (Å²) >= 11 is 0. The fourth-order valence-electron chi connectivity index (χ4n) is 2.97. The number of carboxylic acid groups (broad SMARTS) is 1. The van der Waals surface area contributed by atoms with Crippen LogP contribution in [0.25, 0.3) is 0 Å². The number of carbonyl (C=O) groups is 2. The lowest BCUT2D eigenvalue weighted by atomic mass is 10.1. The molecule has 0 aromatic carbocycles. The topological polar surface area (TPSA) is 77.8 Å². The Morgan fingerprint density at radius 3 is 2.65 bits per heavy atom. The molecule has 2 aliphatic carbocycles. The van der Waals surface area contributed by atoms with Gasteiger partial charge in [0.1, 0.15) is 12.1 Å². The Kier molecular flexibility index (Phi) is 2.40. The number of aliphatic carboxylic acids is 1. The summed E-state index contributed by atoms with van der Waals surface area (Å²) in [7, 11) is 0. The Hall–Kier alpha value is -1.10. The molecule has 1 saturated heterocycles. The predicted molar refractivity (Wildman–Crippen MR) is 58.1 cm³/mol. The lowest BCUT2D eigenvalue weighted by molar-refractivity contribution is -0.153. The van der Waals surface area contributed by atoms with Gasteiger partial charge in [0, 0.05) is 6.54 Å². The summed E-state index contributed by atoms with van der Waals surface area (Å²) in [5, 5.41) is 18.9. The van der Waals surface area contributed by atoms with Crippen molar-refractivity contribution in [1.82, 2.24) is 4.90 Å². The van der Waals surface area contributed by atoms with E-state index in [1.165, 1.54) is 4.90 Å². The van der Waals surface area contributed by atoms with Crippen LogP contribution in [0.5, 0.6) is 0 Å². The number of carbonyl (C=O) groups excluding carboxylic acids is 1. The van der Waals surface area contributed by atoms with Crippen LogP contribution < -0.4 is 0 Å². The number of piperidine rings is 1. The zero-order valence-corrected chi connectivity index (χ0v) is 9.58. The molecule has 0 unspecified atom stereocenters. The van der Waals surface area contributed by atoms with Crippen molar-refractivity contribution in [3.63, 3.8) is 0 Å². The third-order valence-electron chi connectivity index (χ3n) is 4.22. The van der Waals surface area contributed by atoms with Gasteiger partial charge in [-0.2, -0.15) is 0 Å². The van der Waals surface area contributed by atoms with Gasteiger partial charge in [0.15, 0.2) is 0 Å². The van der Waals surface area contributed by atoms with E-state index in [1.54, 1.807) is 0 Å². The minimum atomic E-state index is -0.998. The average Bonchev–Trinajstić information content (AvgIpc) is 3.18. The average molecular weight is 239 g/mol. The maximum Gasteiger partial charge on any atom is 0.326 e. The number of nitrogens with zero attached hydrogens (tertiary/aromatic N) is 1. The van der Waals surface area contributed by atoms with Gasteiger partial charge in [-0.3, -0.25) is 4.79 Å². The van der Waals surface area contributed by atoms with E-state index in [0.29, 0.717) is 24.8 Å². The zero-order chi connectivity index (χ0) is 12.2. The van der Waals surface area contributed by atoms with Gasteiger partial charge >= 0.3 is 5.97 Å². The molecular formula is C12H17NO4. The second kappa shape index (κ2) is 3.70. The second-order valence-electron chi connectivity index (χ2n) is 5.63. The molecule has 3 fully saturated rings.